The molecule has 0 saturated heterocycles. The van der Waals surface area contributed by atoms with Crippen molar-refractivity contribution in [1.29, 1.82) is 0 Å². The third-order valence-corrected chi connectivity index (χ3v) is 3.28. The largest absolute Gasteiger partial charge is 0.344 e. The number of amides is 1. The van der Waals surface area contributed by atoms with Crippen molar-refractivity contribution in [3.05, 3.63) is 26.8 Å². The molecule has 0 aliphatic carbocycles. The van der Waals surface area contributed by atoms with Crippen molar-refractivity contribution in [2.24, 2.45) is 0 Å². The number of carbonyl (C=O) groups is 1. The number of hydrogen-bond acceptors (Lipinski definition) is 3. The average Bonchev–Trinajstić information content (AvgIpc) is 2.28. The van der Waals surface area contributed by atoms with Gasteiger partial charge in [-0.25, -0.2) is 4.98 Å². The molecule has 16 heavy (non-hydrogen) atoms. The molecule has 6 heteroatoms. The zero-order valence-electron chi connectivity index (χ0n) is 9.53. The number of halogens is 1. The first-order chi connectivity index (χ1) is 7.47. The van der Waals surface area contributed by atoms with Crippen LogP contribution in [0.4, 0.5) is 0 Å². The number of aryl methyl sites for hydroxylation is 1. The van der Waals surface area contributed by atoms with E-state index in [9.17, 15) is 9.59 Å². The Bertz CT molecular complexity index is 456. The number of carbonyl (C=O) groups excluding carboxylic acids is 1. The summed E-state index contributed by atoms with van der Waals surface area (Å²) in [7, 11) is 1.70. The molecule has 1 aromatic rings. The lowest BCUT2D eigenvalue weighted by molar-refractivity contribution is -0.130. The Labute approximate surface area is 102 Å². The molecule has 88 valence electrons. The van der Waals surface area contributed by atoms with E-state index in [1.807, 2.05) is 6.92 Å². The molecule has 1 heterocycles. The van der Waals surface area contributed by atoms with Gasteiger partial charge in [0.05, 0.1) is 12.0 Å². The Morgan fingerprint density at radius 1 is 1.62 bits per heavy atom. The van der Waals surface area contributed by atoms with Gasteiger partial charge in [0.25, 0.3) is 5.56 Å². The van der Waals surface area contributed by atoms with Crippen LogP contribution in [0.2, 0.25) is 0 Å². The quantitative estimate of drug-likeness (QED) is 0.826. The first-order valence-corrected chi connectivity index (χ1v) is 5.72. The number of nitrogens with zero attached hydrogens (tertiary/aromatic N) is 3. The molecule has 0 N–H and O–H groups in total. The lowest BCUT2D eigenvalue weighted by Gasteiger charge is -2.15. The number of aromatic nitrogens is 2. The van der Waals surface area contributed by atoms with Crippen LogP contribution in [-0.2, 0) is 11.3 Å². The third-order valence-electron chi connectivity index (χ3n) is 2.36. The van der Waals surface area contributed by atoms with E-state index >= 15 is 0 Å². The minimum absolute atomic E-state index is 0.0229. The highest BCUT2D eigenvalue weighted by atomic mass is 79.9. The lowest BCUT2D eigenvalue weighted by Crippen LogP contribution is -2.34. The van der Waals surface area contributed by atoms with Crippen molar-refractivity contribution in [1.82, 2.24) is 14.5 Å². The summed E-state index contributed by atoms with van der Waals surface area (Å²) in [5.41, 5.74) is 0.392. The summed E-state index contributed by atoms with van der Waals surface area (Å²) in [4.78, 5) is 28.9. The summed E-state index contributed by atoms with van der Waals surface area (Å²) < 4.78 is 1.70. The van der Waals surface area contributed by atoms with Crippen LogP contribution in [0.5, 0.6) is 0 Å². The first kappa shape index (κ1) is 12.9. The summed E-state index contributed by atoms with van der Waals surface area (Å²) in [6.45, 7) is 4.25. The fraction of sp³-hybridized carbons (Fsp3) is 0.500. The van der Waals surface area contributed by atoms with Crippen LogP contribution >= 0.6 is 15.9 Å². The molecule has 0 atom stereocenters. The molecule has 1 amide bonds. The zero-order chi connectivity index (χ0) is 12.3. The Morgan fingerprint density at radius 2 is 2.25 bits per heavy atom. The minimum atomic E-state index is -0.231. The molecule has 1 aromatic heterocycles. The predicted molar refractivity (Wildman–Crippen MR) is 64.2 cm³/mol. The van der Waals surface area contributed by atoms with Crippen molar-refractivity contribution >= 4 is 21.8 Å². The van der Waals surface area contributed by atoms with Crippen molar-refractivity contribution in [2.45, 2.75) is 20.4 Å². The van der Waals surface area contributed by atoms with E-state index in [0.717, 1.165) is 0 Å². The second-order valence-electron chi connectivity index (χ2n) is 3.48. The van der Waals surface area contributed by atoms with E-state index < -0.39 is 0 Å². The Hall–Kier alpha value is -1.17. The number of hydrogen-bond donors (Lipinski definition) is 0. The Kier molecular flexibility index (Phi) is 4.23. The van der Waals surface area contributed by atoms with Gasteiger partial charge in [0.2, 0.25) is 5.91 Å². The molecule has 0 saturated carbocycles. The molecule has 5 nitrogen and oxygen atoms in total. The maximum atomic E-state index is 11.7. The molecule has 0 fully saturated rings. The van der Waals surface area contributed by atoms with Crippen LogP contribution < -0.4 is 5.56 Å². The lowest BCUT2D eigenvalue weighted by atomic mass is 10.4. The Balaban J connectivity index is 2.95. The number of rotatable bonds is 3. The number of likely N-dealkylation sites (N-methyl/N-ethyl adjacent to an activating group) is 1. The molecule has 0 radical (unpaired) electrons. The first-order valence-electron chi connectivity index (χ1n) is 4.92. The second kappa shape index (κ2) is 5.25. The van der Waals surface area contributed by atoms with Crippen molar-refractivity contribution in [3.63, 3.8) is 0 Å². The summed E-state index contributed by atoms with van der Waals surface area (Å²) >= 11 is 3.15. The van der Waals surface area contributed by atoms with Gasteiger partial charge in [0, 0.05) is 13.6 Å². The standard InChI is InChI=1S/C10H14BrN3O2/c1-4-13(3)8(15)5-14-6-12-7(2)9(11)10(14)16/h6H,4-5H2,1-3H3. The summed E-state index contributed by atoms with van der Waals surface area (Å²) in [6, 6.07) is 0. The van der Waals surface area contributed by atoms with Crippen LogP contribution in [-0.4, -0.2) is 34.0 Å². The van der Waals surface area contributed by atoms with Gasteiger partial charge in [-0.2, -0.15) is 0 Å². The van der Waals surface area contributed by atoms with Crippen LogP contribution in [0.3, 0.4) is 0 Å². The third kappa shape index (κ3) is 2.69. The van der Waals surface area contributed by atoms with E-state index in [4.69, 9.17) is 0 Å². The molecule has 0 spiro atoms. The van der Waals surface area contributed by atoms with E-state index in [0.29, 0.717) is 16.7 Å². The molecule has 0 aliphatic rings. The van der Waals surface area contributed by atoms with E-state index in [-0.39, 0.29) is 18.0 Å². The molecule has 0 bridgehead atoms. The van der Waals surface area contributed by atoms with E-state index in [1.54, 1.807) is 18.9 Å². The van der Waals surface area contributed by atoms with Gasteiger partial charge in [-0.15, -0.1) is 0 Å². The molecule has 0 unspecified atom stereocenters. The van der Waals surface area contributed by atoms with Gasteiger partial charge >= 0.3 is 0 Å². The van der Waals surface area contributed by atoms with Crippen LogP contribution in [0, 0.1) is 6.92 Å². The topological polar surface area (TPSA) is 55.2 Å². The van der Waals surface area contributed by atoms with Gasteiger partial charge in [-0.3, -0.25) is 14.2 Å². The molecule has 0 aromatic carbocycles. The smallest absolute Gasteiger partial charge is 0.268 e. The highest BCUT2D eigenvalue weighted by Gasteiger charge is 2.11. The molecule has 0 aliphatic heterocycles. The van der Waals surface area contributed by atoms with Crippen molar-refractivity contribution in [3.8, 4) is 0 Å². The Morgan fingerprint density at radius 3 is 2.81 bits per heavy atom. The van der Waals surface area contributed by atoms with E-state index in [2.05, 4.69) is 20.9 Å². The monoisotopic (exact) mass is 287 g/mol. The molecule has 1 rings (SSSR count). The summed E-state index contributed by atoms with van der Waals surface area (Å²) in [6.07, 6.45) is 1.39. The fourth-order valence-corrected chi connectivity index (χ4v) is 1.43. The second-order valence-corrected chi connectivity index (χ2v) is 4.28. The molecular weight excluding hydrogens is 274 g/mol. The van der Waals surface area contributed by atoms with Crippen molar-refractivity contribution < 1.29 is 4.79 Å². The van der Waals surface area contributed by atoms with Crippen molar-refractivity contribution in [2.75, 3.05) is 13.6 Å². The van der Waals surface area contributed by atoms with Gasteiger partial charge < -0.3 is 4.90 Å². The van der Waals surface area contributed by atoms with Crippen LogP contribution in [0.1, 0.15) is 12.6 Å². The van der Waals surface area contributed by atoms with Gasteiger partial charge in [-0.1, -0.05) is 0 Å². The fourth-order valence-electron chi connectivity index (χ4n) is 1.10. The van der Waals surface area contributed by atoms with Gasteiger partial charge in [0.1, 0.15) is 11.0 Å². The molecular formula is C10H14BrN3O2. The van der Waals surface area contributed by atoms with Crippen LogP contribution in [0.25, 0.3) is 0 Å². The van der Waals surface area contributed by atoms with E-state index in [1.165, 1.54) is 10.9 Å². The summed E-state index contributed by atoms with van der Waals surface area (Å²) in [5, 5.41) is 0. The van der Waals surface area contributed by atoms with Gasteiger partial charge in [-0.05, 0) is 29.8 Å². The minimum Gasteiger partial charge on any atom is -0.344 e. The summed E-state index contributed by atoms with van der Waals surface area (Å²) in [5.74, 6) is -0.109. The SMILES string of the molecule is CCN(C)C(=O)Cn1cnc(C)c(Br)c1=O. The maximum Gasteiger partial charge on any atom is 0.268 e. The van der Waals surface area contributed by atoms with Crippen LogP contribution in [0.15, 0.2) is 15.6 Å². The predicted octanol–water partition coefficient (Wildman–Crippen LogP) is 0.793. The zero-order valence-corrected chi connectivity index (χ0v) is 11.1. The normalized spacial score (nSPS) is 10.2. The highest BCUT2D eigenvalue weighted by Crippen LogP contribution is 2.05. The highest BCUT2D eigenvalue weighted by molar-refractivity contribution is 9.10. The average molecular weight is 288 g/mol. The maximum absolute atomic E-state index is 11.7. The van der Waals surface area contributed by atoms with Gasteiger partial charge in [0.15, 0.2) is 0 Å².